The molecular weight excluding hydrogens is 222 g/mol. The molecule has 2 N–H and O–H groups in total. The quantitative estimate of drug-likeness (QED) is 0.870. The van der Waals surface area contributed by atoms with E-state index in [1.807, 2.05) is 23.7 Å². The van der Waals surface area contributed by atoms with E-state index in [4.69, 9.17) is 17.3 Å². The number of benzene rings is 1. The molecule has 3 rings (SSSR count). The van der Waals surface area contributed by atoms with E-state index in [0.717, 1.165) is 35.9 Å². The lowest BCUT2D eigenvalue weighted by Crippen LogP contribution is -2.19. The summed E-state index contributed by atoms with van der Waals surface area (Å²) in [7, 11) is 0. The van der Waals surface area contributed by atoms with E-state index in [0.29, 0.717) is 5.15 Å². The summed E-state index contributed by atoms with van der Waals surface area (Å²) in [4.78, 5) is 0. The van der Waals surface area contributed by atoms with Crippen molar-refractivity contribution in [2.45, 2.75) is 31.8 Å². The molecule has 1 fully saturated rings. The molecule has 0 atom stereocenters. The number of halogens is 1. The Bertz CT molecular complexity index is 555. The second-order valence-corrected chi connectivity index (χ2v) is 4.82. The van der Waals surface area contributed by atoms with E-state index in [1.54, 1.807) is 0 Å². The summed E-state index contributed by atoms with van der Waals surface area (Å²) in [6, 6.07) is 6.09. The molecule has 0 radical (unpaired) electrons. The van der Waals surface area contributed by atoms with Gasteiger partial charge >= 0.3 is 0 Å². The Labute approximate surface area is 99.2 Å². The molecule has 1 heterocycles. The fourth-order valence-corrected chi connectivity index (χ4v) is 2.45. The van der Waals surface area contributed by atoms with Crippen molar-refractivity contribution in [1.82, 2.24) is 9.78 Å². The van der Waals surface area contributed by atoms with Crippen molar-refractivity contribution >= 4 is 22.5 Å². The van der Waals surface area contributed by atoms with Crippen molar-refractivity contribution in [3.05, 3.63) is 28.9 Å². The lowest BCUT2D eigenvalue weighted by atomic mass is 10.0. The first-order valence-electron chi connectivity index (χ1n) is 5.60. The molecule has 1 saturated carbocycles. The fourth-order valence-electron chi connectivity index (χ4n) is 2.14. The highest BCUT2D eigenvalue weighted by Crippen LogP contribution is 2.45. The molecule has 0 spiro atoms. The van der Waals surface area contributed by atoms with E-state index < -0.39 is 0 Å². The predicted molar refractivity (Wildman–Crippen MR) is 65.5 cm³/mol. The van der Waals surface area contributed by atoms with Crippen LogP contribution >= 0.6 is 11.6 Å². The van der Waals surface area contributed by atoms with Crippen molar-refractivity contribution in [3.8, 4) is 0 Å². The maximum Gasteiger partial charge on any atom is 0.134 e. The highest BCUT2D eigenvalue weighted by molar-refractivity contribution is 6.34. The first kappa shape index (κ1) is 10.1. The molecule has 1 aromatic carbocycles. The second kappa shape index (κ2) is 3.22. The lowest BCUT2D eigenvalue weighted by molar-refractivity contribution is 0.664. The minimum Gasteiger partial charge on any atom is -0.321 e. The van der Waals surface area contributed by atoms with Gasteiger partial charge in [0, 0.05) is 23.0 Å². The number of hydrogen-bond acceptors (Lipinski definition) is 2. The van der Waals surface area contributed by atoms with Crippen LogP contribution < -0.4 is 5.73 Å². The third-order valence-electron chi connectivity index (χ3n) is 3.33. The SMILES string of the molecule is CCn1nc2c(C3(N)CC3)cccc2c1Cl. The van der Waals surface area contributed by atoms with Gasteiger partial charge in [0.2, 0.25) is 0 Å². The third-order valence-corrected chi connectivity index (χ3v) is 3.73. The molecule has 0 amide bonds. The van der Waals surface area contributed by atoms with E-state index in [1.165, 1.54) is 0 Å². The third kappa shape index (κ3) is 1.28. The monoisotopic (exact) mass is 235 g/mol. The van der Waals surface area contributed by atoms with Gasteiger partial charge in [0.15, 0.2) is 0 Å². The summed E-state index contributed by atoms with van der Waals surface area (Å²) < 4.78 is 1.82. The van der Waals surface area contributed by atoms with Gasteiger partial charge in [-0.2, -0.15) is 5.10 Å². The van der Waals surface area contributed by atoms with Crippen molar-refractivity contribution in [1.29, 1.82) is 0 Å². The molecule has 0 saturated heterocycles. The van der Waals surface area contributed by atoms with E-state index in [-0.39, 0.29) is 5.54 Å². The Morgan fingerprint density at radius 1 is 1.50 bits per heavy atom. The van der Waals surface area contributed by atoms with Crippen LogP contribution in [0.1, 0.15) is 25.3 Å². The molecule has 16 heavy (non-hydrogen) atoms. The van der Waals surface area contributed by atoms with Gasteiger partial charge in [-0.15, -0.1) is 0 Å². The molecular formula is C12H14ClN3. The number of rotatable bonds is 2. The van der Waals surface area contributed by atoms with Gasteiger partial charge in [0.1, 0.15) is 5.15 Å². The van der Waals surface area contributed by atoms with E-state index in [2.05, 4.69) is 11.2 Å². The molecule has 0 bridgehead atoms. The Morgan fingerprint density at radius 2 is 2.25 bits per heavy atom. The molecule has 0 aliphatic heterocycles. The minimum atomic E-state index is -0.157. The maximum atomic E-state index is 6.26. The van der Waals surface area contributed by atoms with Gasteiger partial charge in [0.25, 0.3) is 0 Å². The van der Waals surface area contributed by atoms with Crippen molar-refractivity contribution in [2.24, 2.45) is 5.73 Å². The zero-order chi connectivity index (χ0) is 11.3. The summed E-state index contributed by atoms with van der Waals surface area (Å²) in [5.74, 6) is 0. The van der Waals surface area contributed by atoms with E-state index >= 15 is 0 Å². The van der Waals surface area contributed by atoms with Crippen molar-refractivity contribution in [2.75, 3.05) is 0 Å². The van der Waals surface area contributed by atoms with Gasteiger partial charge in [-0.25, -0.2) is 0 Å². The predicted octanol–water partition coefficient (Wildman–Crippen LogP) is 2.66. The number of aryl methyl sites for hydroxylation is 1. The van der Waals surface area contributed by atoms with Crippen LogP contribution in [-0.2, 0) is 12.1 Å². The van der Waals surface area contributed by atoms with E-state index in [9.17, 15) is 0 Å². The molecule has 1 aromatic heterocycles. The maximum absolute atomic E-state index is 6.26. The molecule has 84 valence electrons. The number of aromatic nitrogens is 2. The number of nitrogens with two attached hydrogens (primary N) is 1. The Kier molecular flexibility index (Phi) is 2.03. The van der Waals surface area contributed by atoms with Crippen LogP contribution in [0.15, 0.2) is 18.2 Å². The van der Waals surface area contributed by atoms with Gasteiger partial charge in [-0.3, -0.25) is 4.68 Å². The zero-order valence-corrected chi connectivity index (χ0v) is 9.96. The Morgan fingerprint density at radius 3 is 2.88 bits per heavy atom. The van der Waals surface area contributed by atoms with Crippen LogP contribution in [0.25, 0.3) is 10.9 Å². The highest BCUT2D eigenvalue weighted by atomic mass is 35.5. The van der Waals surface area contributed by atoms with Crippen molar-refractivity contribution in [3.63, 3.8) is 0 Å². The highest BCUT2D eigenvalue weighted by Gasteiger charge is 2.41. The summed E-state index contributed by atoms with van der Waals surface area (Å²) >= 11 is 6.26. The zero-order valence-electron chi connectivity index (χ0n) is 9.20. The van der Waals surface area contributed by atoms with Gasteiger partial charge in [-0.1, -0.05) is 23.7 Å². The van der Waals surface area contributed by atoms with Crippen LogP contribution in [-0.4, -0.2) is 9.78 Å². The Hall–Kier alpha value is -1.06. The number of hydrogen-bond donors (Lipinski definition) is 1. The van der Waals surface area contributed by atoms with Gasteiger partial charge in [0.05, 0.1) is 5.52 Å². The van der Waals surface area contributed by atoms with Gasteiger partial charge < -0.3 is 5.73 Å². The fraction of sp³-hybridized carbons (Fsp3) is 0.417. The summed E-state index contributed by atoms with van der Waals surface area (Å²) in [6.07, 6.45) is 2.09. The molecule has 1 aliphatic rings. The number of nitrogens with zero attached hydrogens (tertiary/aromatic N) is 2. The first-order chi connectivity index (χ1) is 7.65. The molecule has 1 aliphatic carbocycles. The van der Waals surface area contributed by atoms with Crippen LogP contribution in [0.3, 0.4) is 0 Å². The average Bonchev–Trinajstić information content (AvgIpc) is 2.95. The number of fused-ring (bicyclic) bond motifs is 1. The summed E-state index contributed by atoms with van der Waals surface area (Å²) in [5, 5.41) is 6.27. The molecule has 4 heteroatoms. The first-order valence-corrected chi connectivity index (χ1v) is 5.98. The smallest absolute Gasteiger partial charge is 0.134 e. The lowest BCUT2D eigenvalue weighted by Gasteiger charge is -2.08. The molecule has 0 unspecified atom stereocenters. The van der Waals surface area contributed by atoms with Gasteiger partial charge in [-0.05, 0) is 25.8 Å². The van der Waals surface area contributed by atoms with Crippen LogP contribution in [0, 0.1) is 0 Å². The minimum absolute atomic E-state index is 0.157. The molecule has 3 nitrogen and oxygen atoms in total. The average molecular weight is 236 g/mol. The largest absolute Gasteiger partial charge is 0.321 e. The standard InChI is InChI=1S/C12H14ClN3/c1-2-16-11(13)8-4-3-5-9(10(8)15-16)12(14)6-7-12/h3-5H,2,6-7,14H2,1H3. The van der Waals surface area contributed by atoms with Crippen LogP contribution in [0.2, 0.25) is 5.15 Å². The molecule has 2 aromatic rings. The van der Waals surface area contributed by atoms with Crippen LogP contribution in [0.4, 0.5) is 0 Å². The summed E-state index contributed by atoms with van der Waals surface area (Å²) in [5.41, 5.74) is 8.19. The normalized spacial score (nSPS) is 17.9. The van der Waals surface area contributed by atoms with Crippen LogP contribution in [0.5, 0.6) is 0 Å². The topological polar surface area (TPSA) is 43.8 Å². The second-order valence-electron chi connectivity index (χ2n) is 4.46. The summed E-state index contributed by atoms with van der Waals surface area (Å²) in [6.45, 7) is 2.82. The van der Waals surface area contributed by atoms with Crippen molar-refractivity contribution < 1.29 is 0 Å². The Balaban J connectivity index is 2.31.